The molecule has 0 spiro atoms. The molecule has 0 N–H and O–H groups in total. The van der Waals surface area contributed by atoms with Gasteiger partial charge < -0.3 is 9.47 Å². The summed E-state index contributed by atoms with van der Waals surface area (Å²) < 4.78 is 11.1. The van der Waals surface area contributed by atoms with Gasteiger partial charge in [-0.3, -0.25) is 4.99 Å². The number of nitrogens with zero attached hydrogens (tertiary/aromatic N) is 1. The van der Waals surface area contributed by atoms with E-state index in [1.165, 1.54) is 11.1 Å². The van der Waals surface area contributed by atoms with E-state index in [0.717, 1.165) is 47.6 Å². The second-order valence-electron chi connectivity index (χ2n) is 6.80. The van der Waals surface area contributed by atoms with E-state index in [2.05, 4.69) is 57.2 Å². The Kier molecular flexibility index (Phi) is 4.85. The van der Waals surface area contributed by atoms with E-state index in [9.17, 15) is 0 Å². The Balaban J connectivity index is 2.23. The van der Waals surface area contributed by atoms with Crippen LogP contribution in [0.3, 0.4) is 0 Å². The number of fused-ring (bicyclic) bond motifs is 1. The zero-order chi connectivity index (χ0) is 18.0. The molecular formula is C22H27NO2. The highest BCUT2D eigenvalue weighted by Gasteiger charge is 2.33. The molecular weight excluding hydrogens is 310 g/mol. The first-order valence-electron chi connectivity index (χ1n) is 8.98. The standard InChI is InChI=1S/C22H27NO2/c1-6-22(7-2)14-17-12-19(24-4)20(25-5)13-18(17)21(23-22)16-10-8-15(3)9-11-16/h8-13H,6-7,14H2,1-5H3. The normalized spacial score (nSPS) is 15.3. The number of rotatable bonds is 5. The summed E-state index contributed by atoms with van der Waals surface area (Å²) in [6, 6.07) is 12.8. The SMILES string of the molecule is CCC1(CC)Cc2cc(OC)c(OC)cc2C(c2ccc(C)cc2)=N1. The van der Waals surface area contributed by atoms with Crippen LogP contribution in [-0.2, 0) is 6.42 Å². The molecule has 0 aliphatic carbocycles. The van der Waals surface area contributed by atoms with E-state index >= 15 is 0 Å². The molecule has 0 atom stereocenters. The van der Waals surface area contributed by atoms with Crippen LogP contribution in [-0.4, -0.2) is 25.5 Å². The van der Waals surface area contributed by atoms with Crippen molar-refractivity contribution >= 4 is 5.71 Å². The largest absolute Gasteiger partial charge is 0.493 e. The Morgan fingerprint density at radius 1 is 0.960 bits per heavy atom. The first-order chi connectivity index (χ1) is 12.1. The summed E-state index contributed by atoms with van der Waals surface area (Å²) in [5.41, 5.74) is 5.86. The first kappa shape index (κ1) is 17.5. The highest BCUT2D eigenvalue weighted by molar-refractivity contribution is 6.15. The number of aryl methyl sites for hydroxylation is 1. The van der Waals surface area contributed by atoms with Gasteiger partial charge in [0.15, 0.2) is 11.5 Å². The zero-order valence-electron chi connectivity index (χ0n) is 15.8. The van der Waals surface area contributed by atoms with Gasteiger partial charge in [-0.25, -0.2) is 0 Å². The van der Waals surface area contributed by atoms with Crippen molar-refractivity contribution < 1.29 is 9.47 Å². The minimum atomic E-state index is -0.0488. The molecule has 2 aromatic carbocycles. The predicted molar refractivity (Wildman–Crippen MR) is 103 cm³/mol. The van der Waals surface area contributed by atoms with Crippen LogP contribution in [0, 0.1) is 6.92 Å². The number of aliphatic imine (C=N–C) groups is 1. The van der Waals surface area contributed by atoms with Crippen molar-refractivity contribution in [2.75, 3.05) is 14.2 Å². The first-order valence-corrected chi connectivity index (χ1v) is 8.98. The molecule has 1 aliphatic heterocycles. The van der Waals surface area contributed by atoms with Crippen molar-refractivity contribution in [3.05, 3.63) is 58.7 Å². The Bertz CT molecular complexity index is 786. The van der Waals surface area contributed by atoms with Crippen molar-refractivity contribution in [3.8, 4) is 11.5 Å². The van der Waals surface area contributed by atoms with Crippen LogP contribution in [0.25, 0.3) is 0 Å². The number of hydrogen-bond acceptors (Lipinski definition) is 3. The third kappa shape index (κ3) is 3.15. The number of benzene rings is 2. The molecule has 0 unspecified atom stereocenters. The second kappa shape index (κ2) is 6.91. The van der Waals surface area contributed by atoms with Crippen molar-refractivity contribution in [2.24, 2.45) is 4.99 Å². The van der Waals surface area contributed by atoms with Gasteiger partial charge in [0, 0.05) is 11.1 Å². The topological polar surface area (TPSA) is 30.8 Å². The van der Waals surface area contributed by atoms with Gasteiger partial charge in [0.1, 0.15) is 0 Å². The molecule has 0 radical (unpaired) electrons. The fraction of sp³-hybridized carbons (Fsp3) is 0.409. The highest BCUT2D eigenvalue weighted by Crippen LogP contribution is 2.39. The molecule has 3 heteroatoms. The Labute approximate surface area is 150 Å². The van der Waals surface area contributed by atoms with E-state index in [0.29, 0.717) is 0 Å². The molecule has 132 valence electrons. The van der Waals surface area contributed by atoms with Gasteiger partial charge >= 0.3 is 0 Å². The lowest BCUT2D eigenvalue weighted by molar-refractivity contribution is 0.351. The maximum absolute atomic E-state index is 5.53. The van der Waals surface area contributed by atoms with Crippen molar-refractivity contribution in [3.63, 3.8) is 0 Å². The van der Waals surface area contributed by atoms with Gasteiger partial charge in [-0.15, -0.1) is 0 Å². The Morgan fingerprint density at radius 3 is 2.12 bits per heavy atom. The monoisotopic (exact) mass is 337 g/mol. The maximum atomic E-state index is 5.53. The molecule has 2 aromatic rings. The summed E-state index contributed by atoms with van der Waals surface area (Å²) in [7, 11) is 3.37. The summed E-state index contributed by atoms with van der Waals surface area (Å²) in [5, 5.41) is 0. The number of ether oxygens (including phenoxy) is 2. The molecule has 0 saturated carbocycles. The molecule has 0 saturated heterocycles. The fourth-order valence-electron chi connectivity index (χ4n) is 3.57. The van der Waals surface area contributed by atoms with E-state index in [-0.39, 0.29) is 5.54 Å². The molecule has 1 aliphatic rings. The van der Waals surface area contributed by atoms with Crippen LogP contribution in [0.2, 0.25) is 0 Å². The second-order valence-corrected chi connectivity index (χ2v) is 6.80. The van der Waals surface area contributed by atoms with E-state index in [1.807, 2.05) is 0 Å². The minimum Gasteiger partial charge on any atom is -0.493 e. The molecule has 0 fully saturated rings. The van der Waals surface area contributed by atoms with E-state index in [4.69, 9.17) is 14.5 Å². The third-order valence-corrected chi connectivity index (χ3v) is 5.37. The number of hydrogen-bond donors (Lipinski definition) is 0. The summed E-state index contributed by atoms with van der Waals surface area (Å²) in [6.07, 6.45) is 2.98. The average Bonchev–Trinajstić information content (AvgIpc) is 2.66. The third-order valence-electron chi connectivity index (χ3n) is 5.37. The van der Waals surface area contributed by atoms with Crippen LogP contribution in [0.4, 0.5) is 0 Å². The van der Waals surface area contributed by atoms with Crippen molar-refractivity contribution in [1.29, 1.82) is 0 Å². The molecule has 1 heterocycles. The predicted octanol–water partition coefficient (Wildman–Crippen LogP) is 4.96. The van der Waals surface area contributed by atoms with Gasteiger partial charge in [-0.05, 0) is 43.9 Å². The molecule has 3 nitrogen and oxygen atoms in total. The van der Waals surface area contributed by atoms with Crippen LogP contribution >= 0.6 is 0 Å². The van der Waals surface area contributed by atoms with Gasteiger partial charge in [0.05, 0.1) is 25.5 Å². The highest BCUT2D eigenvalue weighted by atomic mass is 16.5. The lowest BCUT2D eigenvalue weighted by atomic mass is 9.79. The van der Waals surface area contributed by atoms with Gasteiger partial charge in [0.2, 0.25) is 0 Å². The summed E-state index contributed by atoms with van der Waals surface area (Å²) in [5.74, 6) is 1.54. The fourth-order valence-corrected chi connectivity index (χ4v) is 3.57. The molecule has 0 bridgehead atoms. The van der Waals surface area contributed by atoms with Gasteiger partial charge in [-0.2, -0.15) is 0 Å². The van der Waals surface area contributed by atoms with Crippen LogP contribution in [0.5, 0.6) is 11.5 Å². The summed E-state index contributed by atoms with van der Waals surface area (Å²) in [4.78, 5) is 5.24. The van der Waals surface area contributed by atoms with Gasteiger partial charge in [0.25, 0.3) is 0 Å². The molecule has 3 rings (SSSR count). The average molecular weight is 337 g/mol. The zero-order valence-corrected chi connectivity index (χ0v) is 15.8. The molecule has 25 heavy (non-hydrogen) atoms. The number of methoxy groups -OCH3 is 2. The van der Waals surface area contributed by atoms with E-state index in [1.54, 1.807) is 14.2 Å². The van der Waals surface area contributed by atoms with E-state index < -0.39 is 0 Å². The lowest BCUT2D eigenvalue weighted by Crippen LogP contribution is -2.34. The minimum absolute atomic E-state index is 0.0488. The van der Waals surface area contributed by atoms with Crippen LogP contribution < -0.4 is 9.47 Å². The Morgan fingerprint density at radius 2 is 1.56 bits per heavy atom. The van der Waals surface area contributed by atoms with Crippen LogP contribution in [0.15, 0.2) is 41.4 Å². The smallest absolute Gasteiger partial charge is 0.161 e. The summed E-state index contributed by atoms with van der Waals surface area (Å²) >= 11 is 0. The summed E-state index contributed by atoms with van der Waals surface area (Å²) in [6.45, 7) is 6.56. The van der Waals surface area contributed by atoms with Gasteiger partial charge in [-0.1, -0.05) is 43.7 Å². The quantitative estimate of drug-likeness (QED) is 0.771. The van der Waals surface area contributed by atoms with Crippen molar-refractivity contribution in [1.82, 2.24) is 0 Å². The molecule has 0 aromatic heterocycles. The molecule has 0 amide bonds. The maximum Gasteiger partial charge on any atom is 0.161 e. The van der Waals surface area contributed by atoms with Crippen LogP contribution in [0.1, 0.15) is 48.9 Å². The lowest BCUT2D eigenvalue weighted by Gasteiger charge is -2.34. The Hall–Kier alpha value is -2.29. The van der Waals surface area contributed by atoms with Crippen molar-refractivity contribution in [2.45, 2.75) is 45.6 Å².